The predicted octanol–water partition coefficient (Wildman–Crippen LogP) is 3.05. The summed E-state index contributed by atoms with van der Waals surface area (Å²) in [5, 5.41) is 0. The number of piperidine rings is 1. The van der Waals surface area contributed by atoms with Crippen LogP contribution in [0.1, 0.15) is 51.9 Å². The SMILES string of the molecule is C#CCCC[C@H]1CC[C@H](C)[C@H]2CCCN12. The molecule has 0 aromatic rings. The molecule has 0 aromatic heterocycles. The Morgan fingerprint density at radius 1 is 1.33 bits per heavy atom. The van der Waals surface area contributed by atoms with E-state index in [2.05, 4.69) is 17.7 Å². The summed E-state index contributed by atoms with van der Waals surface area (Å²) in [6, 6.07) is 1.75. The molecular formula is C14H23N. The summed E-state index contributed by atoms with van der Waals surface area (Å²) in [6.07, 6.45) is 14.5. The highest BCUT2D eigenvalue weighted by Crippen LogP contribution is 2.36. The molecule has 0 unspecified atom stereocenters. The van der Waals surface area contributed by atoms with Crippen LogP contribution in [0.25, 0.3) is 0 Å². The van der Waals surface area contributed by atoms with Crippen LogP contribution in [-0.2, 0) is 0 Å². The standard InChI is InChI=1S/C14H23N/c1-3-4-5-7-13-10-9-12(2)14-8-6-11-15(13)14/h1,12-14H,4-11H2,2H3/t12-,13-,14+/m0/s1. The van der Waals surface area contributed by atoms with Gasteiger partial charge in [-0.1, -0.05) is 6.92 Å². The average molecular weight is 205 g/mol. The van der Waals surface area contributed by atoms with Gasteiger partial charge in [-0.3, -0.25) is 4.90 Å². The van der Waals surface area contributed by atoms with E-state index in [4.69, 9.17) is 6.42 Å². The van der Waals surface area contributed by atoms with Crippen LogP contribution in [0.2, 0.25) is 0 Å². The van der Waals surface area contributed by atoms with E-state index in [9.17, 15) is 0 Å². The van der Waals surface area contributed by atoms with Crippen LogP contribution in [0.15, 0.2) is 0 Å². The maximum Gasteiger partial charge on any atom is 0.0124 e. The molecule has 0 saturated carbocycles. The average Bonchev–Trinajstić information content (AvgIpc) is 2.71. The first-order valence-electron chi connectivity index (χ1n) is 6.52. The number of hydrogen-bond acceptors (Lipinski definition) is 1. The van der Waals surface area contributed by atoms with Crippen LogP contribution in [0.3, 0.4) is 0 Å². The fourth-order valence-electron chi connectivity index (χ4n) is 3.44. The minimum atomic E-state index is 0.849. The third-order valence-electron chi connectivity index (χ3n) is 4.28. The highest BCUT2D eigenvalue weighted by atomic mass is 15.2. The Morgan fingerprint density at radius 2 is 2.20 bits per heavy atom. The van der Waals surface area contributed by atoms with Gasteiger partial charge in [0.1, 0.15) is 0 Å². The molecule has 0 aromatic carbocycles. The molecule has 0 radical (unpaired) electrons. The molecule has 0 spiro atoms. The van der Waals surface area contributed by atoms with Crippen molar-refractivity contribution in [1.29, 1.82) is 0 Å². The highest BCUT2D eigenvalue weighted by molar-refractivity contribution is 4.93. The lowest BCUT2D eigenvalue weighted by Gasteiger charge is -2.41. The van der Waals surface area contributed by atoms with E-state index in [0.29, 0.717) is 0 Å². The lowest BCUT2D eigenvalue weighted by molar-refractivity contribution is 0.0757. The second kappa shape index (κ2) is 5.03. The first kappa shape index (κ1) is 11.0. The Morgan fingerprint density at radius 3 is 3.00 bits per heavy atom. The quantitative estimate of drug-likeness (QED) is 0.505. The summed E-state index contributed by atoms with van der Waals surface area (Å²) in [7, 11) is 0. The van der Waals surface area contributed by atoms with Crippen molar-refractivity contribution in [1.82, 2.24) is 4.90 Å². The molecule has 2 fully saturated rings. The minimum absolute atomic E-state index is 0.849. The normalized spacial score (nSPS) is 36.1. The van der Waals surface area contributed by atoms with Crippen LogP contribution >= 0.6 is 0 Å². The Labute approximate surface area is 94.2 Å². The number of rotatable bonds is 3. The molecule has 15 heavy (non-hydrogen) atoms. The molecule has 1 heteroatoms. The van der Waals surface area contributed by atoms with E-state index in [1.807, 2.05) is 0 Å². The molecule has 2 rings (SSSR count). The zero-order valence-electron chi connectivity index (χ0n) is 9.91. The van der Waals surface area contributed by atoms with Gasteiger partial charge in [-0.15, -0.1) is 12.3 Å². The van der Waals surface area contributed by atoms with Crippen molar-refractivity contribution in [2.45, 2.75) is 64.0 Å². The van der Waals surface area contributed by atoms with Gasteiger partial charge in [0.2, 0.25) is 0 Å². The summed E-state index contributed by atoms with van der Waals surface area (Å²) >= 11 is 0. The molecule has 0 N–H and O–H groups in total. The van der Waals surface area contributed by atoms with Crippen molar-refractivity contribution in [3.05, 3.63) is 0 Å². The van der Waals surface area contributed by atoms with Gasteiger partial charge in [-0.05, 0) is 51.0 Å². The summed E-state index contributed by atoms with van der Waals surface area (Å²) in [5.74, 6) is 3.68. The van der Waals surface area contributed by atoms with E-state index in [1.54, 1.807) is 0 Å². The smallest absolute Gasteiger partial charge is 0.0124 e. The number of terminal acetylenes is 1. The minimum Gasteiger partial charge on any atom is -0.297 e. The summed E-state index contributed by atoms with van der Waals surface area (Å²) in [6.45, 7) is 3.77. The Hall–Kier alpha value is -0.480. The zero-order chi connectivity index (χ0) is 10.7. The number of nitrogens with zero attached hydrogens (tertiary/aromatic N) is 1. The highest BCUT2D eigenvalue weighted by Gasteiger charge is 2.37. The van der Waals surface area contributed by atoms with Gasteiger partial charge in [0, 0.05) is 18.5 Å². The van der Waals surface area contributed by atoms with Gasteiger partial charge in [0.05, 0.1) is 0 Å². The molecular weight excluding hydrogens is 182 g/mol. The van der Waals surface area contributed by atoms with Gasteiger partial charge < -0.3 is 0 Å². The van der Waals surface area contributed by atoms with Gasteiger partial charge in [0.25, 0.3) is 0 Å². The molecule has 2 aliphatic heterocycles. The lowest BCUT2D eigenvalue weighted by atomic mass is 9.85. The van der Waals surface area contributed by atoms with E-state index < -0.39 is 0 Å². The van der Waals surface area contributed by atoms with Crippen LogP contribution in [-0.4, -0.2) is 23.5 Å². The molecule has 0 bridgehead atoms. The maximum atomic E-state index is 5.31. The molecule has 0 amide bonds. The fourth-order valence-corrected chi connectivity index (χ4v) is 3.44. The molecule has 2 aliphatic rings. The summed E-state index contributed by atoms with van der Waals surface area (Å²) in [5.41, 5.74) is 0. The second-order valence-corrected chi connectivity index (χ2v) is 5.25. The molecule has 1 nitrogen and oxygen atoms in total. The van der Waals surface area contributed by atoms with E-state index in [0.717, 1.165) is 24.4 Å². The molecule has 0 aliphatic carbocycles. The monoisotopic (exact) mass is 205 g/mol. The molecule has 2 heterocycles. The lowest BCUT2D eigenvalue weighted by Crippen LogP contribution is -2.46. The number of hydrogen-bond donors (Lipinski definition) is 0. The predicted molar refractivity (Wildman–Crippen MR) is 64.6 cm³/mol. The Balaban J connectivity index is 1.87. The Kier molecular flexibility index (Phi) is 3.70. The van der Waals surface area contributed by atoms with Gasteiger partial charge in [0.15, 0.2) is 0 Å². The molecule has 2 saturated heterocycles. The number of unbranched alkanes of at least 4 members (excludes halogenated alkanes) is 1. The zero-order valence-corrected chi connectivity index (χ0v) is 9.91. The van der Waals surface area contributed by atoms with Crippen molar-refractivity contribution in [2.24, 2.45) is 5.92 Å². The first-order chi connectivity index (χ1) is 7.33. The second-order valence-electron chi connectivity index (χ2n) is 5.25. The number of fused-ring (bicyclic) bond motifs is 1. The van der Waals surface area contributed by atoms with E-state index in [-0.39, 0.29) is 0 Å². The fraction of sp³-hybridized carbons (Fsp3) is 0.857. The molecule has 3 atom stereocenters. The van der Waals surface area contributed by atoms with Crippen LogP contribution in [0.4, 0.5) is 0 Å². The third-order valence-corrected chi connectivity index (χ3v) is 4.28. The van der Waals surface area contributed by atoms with Crippen molar-refractivity contribution < 1.29 is 0 Å². The van der Waals surface area contributed by atoms with Crippen LogP contribution < -0.4 is 0 Å². The summed E-state index contributed by atoms with van der Waals surface area (Å²) in [4.78, 5) is 2.78. The largest absolute Gasteiger partial charge is 0.297 e. The van der Waals surface area contributed by atoms with Crippen molar-refractivity contribution in [2.75, 3.05) is 6.54 Å². The van der Waals surface area contributed by atoms with Crippen molar-refractivity contribution in [3.63, 3.8) is 0 Å². The van der Waals surface area contributed by atoms with Crippen LogP contribution in [0, 0.1) is 18.3 Å². The summed E-state index contributed by atoms with van der Waals surface area (Å²) < 4.78 is 0. The van der Waals surface area contributed by atoms with Gasteiger partial charge in [-0.25, -0.2) is 0 Å². The maximum absolute atomic E-state index is 5.31. The van der Waals surface area contributed by atoms with E-state index in [1.165, 1.54) is 45.1 Å². The van der Waals surface area contributed by atoms with Gasteiger partial charge >= 0.3 is 0 Å². The third kappa shape index (κ3) is 2.37. The van der Waals surface area contributed by atoms with E-state index >= 15 is 0 Å². The van der Waals surface area contributed by atoms with Gasteiger partial charge in [-0.2, -0.15) is 0 Å². The van der Waals surface area contributed by atoms with Crippen molar-refractivity contribution in [3.8, 4) is 12.3 Å². The van der Waals surface area contributed by atoms with Crippen LogP contribution in [0.5, 0.6) is 0 Å². The molecule has 84 valence electrons. The topological polar surface area (TPSA) is 3.24 Å². The Bertz CT molecular complexity index is 240. The van der Waals surface area contributed by atoms with Crippen molar-refractivity contribution >= 4 is 0 Å². The first-order valence-corrected chi connectivity index (χ1v) is 6.52.